The van der Waals surface area contributed by atoms with Gasteiger partial charge in [-0.3, -0.25) is 0 Å². The Labute approximate surface area is 110 Å². The van der Waals surface area contributed by atoms with E-state index >= 15 is 0 Å². The molecule has 0 saturated heterocycles. The van der Waals surface area contributed by atoms with Gasteiger partial charge in [-0.15, -0.1) is 0 Å². The maximum atomic E-state index is 5.94. The van der Waals surface area contributed by atoms with Crippen molar-refractivity contribution in [3.05, 3.63) is 28.8 Å². The number of anilines is 1. The number of hydrogen-bond acceptors (Lipinski definition) is 2. The van der Waals surface area contributed by atoms with Gasteiger partial charge in [-0.05, 0) is 42.6 Å². The molecule has 1 rings (SSSR count). The smallest absolute Gasteiger partial charge is 0.0429 e. The quantitative estimate of drug-likeness (QED) is 0.573. The molecule has 0 bridgehead atoms. The summed E-state index contributed by atoms with van der Waals surface area (Å²) in [4.78, 5) is 0. The summed E-state index contributed by atoms with van der Waals surface area (Å²) in [6, 6.07) is 5.69. The van der Waals surface area contributed by atoms with E-state index < -0.39 is 0 Å². The molecule has 96 valence electrons. The lowest BCUT2D eigenvalue weighted by Gasteiger charge is -2.07. The van der Waals surface area contributed by atoms with Crippen LogP contribution in [0.1, 0.15) is 38.7 Å². The minimum atomic E-state index is 0.710. The highest BCUT2D eigenvalue weighted by Gasteiger charge is 1.98. The number of nitrogens with two attached hydrogens (primary N) is 1. The molecule has 0 aliphatic carbocycles. The molecule has 0 fully saturated rings. The highest BCUT2D eigenvalue weighted by atomic mass is 35.5. The Hall–Kier alpha value is -0.730. The van der Waals surface area contributed by atoms with Crippen molar-refractivity contribution in [1.82, 2.24) is 5.32 Å². The van der Waals surface area contributed by atoms with Crippen LogP contribution in [0.4, 0.5) is 5.69 Å². The molecule has 0 spiro atoms. The third-order valence-electron chi connectivity index (χ3n) is 2.69. The zero-order valence-corrected chi connectivity index (χ0v) is 11.6. The van der Waals surface area contributed by atoms with Gasteiger partial charge in [0, 0.05) is 17.3 Å². The van der Waals surface area contributed by atoms with Crippen LogP contribution in [0.3, 0.4) is 0 Å². The second-order valence-corrected chi connectivity index (χ2v) is 5.40. The first kappa shape index (κ1) is 14.3. The van der Waals surface area contributed by atoms with Gasteiger partial charge in [0.1, 0.15) is 0 Å². The van der Waals surface area contributed by atoms with E-state index in [4.69, 9.17) is 17.3 Å². The van der Waals surface area contributed by atoms with E-state index in [-0.39, 0.29) is 0 Å². The summed E-state index contributed by atoms with van der Waals surface area (Å²) in [5, 5.41) is 4.13. The van der Waals surface area contributed by atoms with Gasteiger partial charge in [0.25, 0.3) is 0 Å². The number of hydrogen-bond donors (Lipinski definition) is 2. The molecule has 0 heterocycles. The van der Waals surface area contributed by atoms with Gasteiger partial charge < -0.3 is 11.1 Å². The van der Waals surface area contributed by atoms with Gasteiger partial charge in [0.05, 0.1) is 0 Å². The molecule has 0 unspecified atom stereocenters. The second kappa shape index (κ2) is 7.57. The van der Waals surface area contributed by atoms with Gasteiger partial charge in [-0.1, -0.05) is 38.3 Å². The lowest BCUT2D eigenvalue weighted by Crippen LogP contribution is -2.15. The molecule has 1 aromatic rings. The molecule has 0 aliphatic heterocycles. The van der Waals surface area contributed by atoms with E-state index in [1.807, 2.05) is 12.1 Å². The minimum absolute atomic E-state index is 0.710. The number of halogens is 1. The Morgan fingerprint density at radius 2 is 2.00 bits per heavy atom. The number of unbranched alkanes of at least 4 members (excludes halogenated alkanes) is 1. The van der Waals surface area contributed by atoms with Crippen molar-refractivity contribution >= 4 is 17.3 Å². The Morgan fingerprint density at radius 3 is 2.65 bits per heavy atom. The number of rotatable bonds is 7. The zero-order chi connectivity index (χ0) is 12.7. The molecule has 0 radical (unpaired) electrons. The van der Waals surface area contributed by atoms with Crippen LogP contribution in [0.25, 0.3) is 0 Å². The van der Waals surface area contributed by atoms with Gasteiger partial charge in [0.2, 0.25) is 0 Å². The van der Waals surface area contributed by atoms with Crippen LogP contribution >= 0.6 is 11.6 Å². The maximum Gasteiger partial charge on any atom is 0.0429 e. The second-order valence-electron chi connectivity index (χ2n) is 4.96. The van der Waals surface area contributed by atoms with Gasteiger partial charge in [-0.2, -0.15) is 0 Å². The molecule has 3 heteroatoms. The van der Waals surface area contributed by atoms with Crippen molar-refractivity contribution in [3.63, 3.8) is 0 Å². The van der Waals surface area contributed by atoms with E-state index in [2.05, 4.69) is 19.2 Å². The molecule has 0 saturated carbocycles. The third-order valence-corrected chi connectivity index (χ3v) is 2.91. The molecule has 17 heavy (non-hydrogen) atoms. The molecule has 3 N–H and O–H groups in total. The zero-order valence-electron chi connectivity index (χ0n) is 10.8. The summed E-state index contributed by atoms with van der Waals surface area (Å²) >= 11 is 5.94. The van der Waals surface area contributed by atoms with Crippen molar-refractivity contribution in [2.24, 2.45) is 5.92 Å². The number of benzene rings is 1. The molecule has 1 aromatic carbocycles. The Balaban J connectivity index is 2.18. The van der Waals surface area contributed by atoms with Crippen molar-refractivity contribution in [2.75, 3.05) is 12.3 Å². The molecular formula is C14H23ClN2. The average Bonchev–Trinajstić information content (AvgIpc) is 2.21. The highest BCUT2D eigenvalue weighted by molar-refractivity contribution is 6.30. The van der Waals surface area contributed by atoms with E-state index in [0.717, 1.165) is 30.3 Å². The van der Waals surface area contributed by atoms with E-state index in [0.29, 0.717) is 5.02 Å². The predicted molar refractivity (Wildman–Crippen MR) is 76.3 cm³/mol. The first-order chi connectivity index (χ1) is 8.08. The normalized spacial score (nSPS) is 11.1. The lowest BCUT2D eigenvalue weighted by atomic mass is 10.1. The van der Waals surface area contributed by atoms with Crippen LogP contribution in [0.5, 0.6) is 0 Å². The summed E-state index contributed by atoms with van der Waals surface area (Å²) in [6.45, 7) is 6.43. The summed E-state index contributed by atoms with van der Waals surface area (Å²) in [6.07, 6.45) is 3.84. The van der Waals surface area contributed by atoms with Crippen molar-refractivity contribution in [2.45, 2.75) is 39.7 Å². The molecule has 0 amide bonds. The lowest BCUT2D eigenvalue weighted by molar-refractivity contribution is 0.520. The average molecular weight is 255 g/mol. The van der Waals surface area contributed by atoms with Gasteiger partial charge in [-0.25, -0.2) is 0 Å². The number of nitrogen functional groups attached to an aromatic ring is 1. The van der Waals surface area contributed by atoms with Crippen LogP contribution in [-0.2, 0) is 6.54 Å². The first-order valence-corrected chi connectivity index (χ1v) is 6.71. The summed E-state index contributed by atoms with van der Waals surface area (Å²) in [5.74, 6) is 0.808. The Bertz CT molecular complexity index is 317. The predicted octanol–water partition coefficient (Wildman–Crippen LogP) is 3.84. The molecular weight excluding hydrogens is 232 g/mol. The van der Waals surface area contributed by atoms with Gasteiger partial charge >= 0.3 is 0 Å². The monoisotopic (exact) mass is 254 g/mol. The molecule has 0 aromatic heterocycles. The van der Waals surface area contributed by atoms with Crippen molar-refractivity contribution in [1.29, 1.82) is 0 Å². The fourth-order valence-electron chi connectivity index (χ4n) is 1.81. The standard InChI is InChI=1S/C14H23ClN2/c1-11(2)5-3-4-6-17-10-12-7-13(15)9-14(16)8-12/h7-9,11,17H,3-6,10,16H2,1-2H3. The molecule has 0 aliphatic rings. The summed E-state index contributed by atoms with van der Waals surface area (Å²) in [5.41, 5.74) is 7.61. The summed E-state index contributed by atoms with van der Waals surface area (Å²) < 4.78 is 0. The third kappa shape index (κ3) is 6.54. The van der Waals surface area contributed by atoms with Crippen LogP contribution in [0.2, 0.25) is 5.02 Å². The van der Waals surface area contributed by atoms with Crippen LogP contribution in [0, 0.1) is 5.92 Å². The van der Waals surface area contributed by atoms with E-state index in [1.54, 1.807) is 6.07 Å². The van der Waals surface area contributed by atoms with Crippen molar-refractivity contribution in [3.8, 4) is 0 Å². The van der Waals surface area contributed by atoms with Crippen LogP contribution in [0.15, 0.2) is 18.2 Å². The van der Waals surface area contributed by atoms with Crippen molar-refractivity contribution < 1.29 is 0 Å². The SMILES string of the molecule is CC(C)CCCCNCc1cc(N)cc(Cl)c1. The first-order valence-electron chi connectivity index (χ1n) is 6.33. The maximum absolute atomic E-state index is 5.94. The largest absolute Gasteiger partial charge is 0.399 e. The minimum Gasteiger partial charge on any atom is -0.399 e. The number of nitrogens with one attached hydrogen (secondary N) is 1. The van der Waals surface area contributed by atoms with Crippen LogP contribution < -0.4 is 11.1 Å². The van der Waals surface area contributed by atoms with E-state index in [9.17, 15) is 0 Å². The molecule has 0 atom stereocenters. The fourth-order valence-corrected chi connectivity index (χ4v) is 2.08. The molecule has 2 nitrogen and oxygen atoms in total. The fraction of sp³-hybridized carbons (Fsp3) is 0.571. The highest BCUT2D eigenvalue weighted by Crippen LogP contribution is 2.16. The Morgan fingerprint density at radius 1 is 1.24 bits per heavy atom. The summed E-state index contributed by atoms with van der Waals surface area (Å²) in [7, 11) is 0. The van der Waals surface area contributed by atoms with Gasteiger partial charge in [0.15, 0.2) is 0 Å². The topological polar surface area (TPSA) is 38.0 Å². The van der Waals surface area contributed by atoms with Crippen LogP contribution in [-0.4, -0.2) is 6.54 Å². The van der Waals surface area contributed by atoms with E-state index in [1.165, 1.54) is 19.3 Å². The Kier molecular flexibility index (Phi) is 6.38.